The van der Waals surface area contributed by atoms with Crippen molar-refractivity contribution in [2.45, 2.75) is 25.7 Å². The zero-order valence-corrected chi connectivity index (χ0v) is 11.3. The molecule has 0 aliphatic rings. The summed E-state index contributed by atoms with van der Waals surface area (Å²) >= 11 is 0. The number of benzene rings is 1. The van der Waals surface area contributed by atoms with Gasteiger partial charge in [-0.25, -0.2) is 0 Å². The third kappa shape index (κ3) is 3.60. The number of alkyl halides is 3. The van der Waals surface area contributed by atoms with E-state index in [9.17, 15) is 13.2 Å². The van der Waals surface area contributed by atoms with E-state index in [-0.39, 0.29) is 6.04 Å². The Kier molecular flexibility index (Phi) is 4.13. The molecular formula is C14H16F3N3. The van der Waals surface area contributed by atoms with Crippen molar-refractivity contribution in [2.24, 2.45) is 7.05 Å². The van der Waals surface area contributed by atoms with Gasteiger partial charge in [0, 0.05) is 31.4 Å². The molecule has 108 valence electrons. The topological polar surface area (TPSA) is 29.9 Å². The first-order chi connectivity index (χ1) is 9.36. The maximum Gasteiger partial charge on any atom is 0.416 e. The number of hydrogen-bond donors (Lipinski definition) is 1. The Morgan fingerprint density at radius 3 is 2.40 bits per heavy atom. The number of nitrogens with zero attached hydrogens (tertiary/aromatic N) is 2. The predicted molar refractivity (Wildman–Crippen MR) is 69.9 cm³/mol. The van der Waals surface area contributed by atoms with E-state index in [2.05, 4.69) is 10.4 Å². The first-order valence-corrected chi connectivity index (χ1v) is 6.24. The van der Waals surface area contributed by atoms with Gasteiger partial charge in [0.2, 0.25) is 0 Å². The minimum Gasteiger partial charge on any atom is -0.306 e. The summed E-state index contributed by atoms with van der Waals surface area (Å²) in [6.07, 6.45) is -0.607. The van der Waals surface area contributed by atoms with Crippen LogP contribution in [0.3, 0.4) is 0 Å². The maximum atomic E-state index is 12.4. The summed E-state index contributed by atoms with van der Waals surface area (Å²) in [6.45, 7) is 2.50. The van der Waals surface area contributed by atoms with Gasteiger partial charge in [-0.1, -0.05) is 12.1 Å². The lowest BCUT2D eigenvalue weighted by molar-refractivity contribution is -0.137. The lowest BCUT2D eigenvalue weighted by Crippen LogP contribution is -2.17. The van der Waals surface area contributed by atoms with Gasteiger partial charge in [0.1, 0.15) is 0 Å². The van der Waals surface area contributed by atoms with Crippen molar-refractivity contribution in [1.29, 1.82) is 0 Å². The van der Waals surface area contributed by atoms with Gasteiger partial charge in [0.15, 0.2) is 0 Å². The van der Waals surface area contributed by atoms with Crippen LogP contribution in [0.1, 0.15) is 29.7 Å². The van der Waals surface area contributed by atoms with Gasteiger partial charge in [-0.2, -0.15) is 18.3 Å². The first kappa shape index (κ1) is 14.6. The van der Waals surface area contributed by atoms with Crippen LogP contribution in [-0.2, 0) is 19.8 Å². The fourth-order valence-corrected chi connectivity index (χ4v) is 1.86. The van der Waals surface area contributed by atoms with Gasteiger partial charge >= 0.3 is 6.18 Å². The van der Waals surface area contributed by atoms with Crippen LogP contribution in [0, 0.1) is 0 Å². The van der Waals surface area contributed by atoms with E-state index in [4.69, 9.17) is 0 Å². The zero-order chi connectivity index (χ0) is 14.8. The summed E-state index contributed by atoms with van der Waals surface area (Å²) < 4.78 is 39.0. The first-order valence-electron chi connectivity index (χ1n) is 6.24. The van der Waals surface area contributed by atoms with Crippen LogP contribution >= 0.6 is 0 Å². The normalized spacial score (nSPS) is 13.4. The summed E-state index contributed by atoms with van der Waals surface area (Å²) in [7, 11) is 1.84. The van der Waals surface area contributed by atoms with E-state index in [1.807, 2.05) is 20.2 Å². The van der Waals surface area contributed by atoms with Crippen LogP contribution < -0.4 is 5.32 Å². The molecule has 3 nitrogen and oxygen atoms in total. The van der Waals surface area contributed by atoms with Gasteiger partial charge in [-0.05, 0) is 24.6 Å². The van der Waals surface area contributed by atoms with Gasteiger partial charge in [0.05, 0.1) is 11.8 Å². The second-order valence-corrected chi connectivity index (χ2v) is 4.74. The largest absolute Gasteiger partial charge is 0.416 e. The summed E-state index contributed by atoms with van der Waals surface area (Å²) in [5.41, 5.74) is 1.23. The van der Waals surface area contributed by atoms with Gasteiger partial charge < -0.3 is 5.32 Å². The van der Waals surface area contributed by atoms with Crippen LogP contribution in [0.25, 0.3) is 0 Å². The number of hydrogen-bond acceptors (Lipinski definition) is 2. The highest BCUT2D eigenvalue weighted by Gasteiger charge is 2.29. The van der Waals surface area contributed by atoms with Crippen molar-refractivity contribution in [3.63, 3.8) is 0 Å². The predicted octanol–water partition coefficient (Wildman–Crippen LogP) is 3.29. The standard InChI is InChI=1S/C14H16F3N3/c1-10(12-8-19-20(2)9-12)18-7-11-3-5-13(6-4-11)14(15,16)17/h3-6,8-10,18H,7H2,1-2H3. The molecule has 1 N–H and O–H groups in total. The highest BCUT2D eigenvalue weighted by atomic mass is 19.4. The Hall–Kier alpha value is -1.82. The van der Waals surface area contributed by atoms with E-state index in [1.165, 1.54) is 12.1 Å². The Balaban J connectivity index is 1.94. The monoisotopic (exact) mass is 283 g/mol. The Labute approximate surface area is 115 Å². The molecule has 0 saturated carbocycles. The Bertz CT molecular complexity index is 558. The molecule has 1 aromatic carbocycles. The lowest BCUT2D eigenvalue weighted by Gasteiger charge is -2.13. The molecule has 0 bridgehead atoms. The fraction of sp³-hybridized carbons (Fsp3) is 0.357. The van der Waals surface area contributed by atoms with Crippen molar-refractivity contribution >= 4 is 0 Å². The van der Waals surface area contributed by atoms with E-state index in [1.54, 1.807) is 10.9 Å². The Morgan fingerprint density at radius 1 is 1.25 bits per heavy atom. The molecule has 20 heavy (non-hydrogen) atoms. The molecular weight excluding hydrogens is 267 g/mol. The average Bonchev–Trinajstić information content (AvgIpc) is 2.82. The molecule has 0 amide bonds. The van der Waals surface area contributed by atoms with Crippen molar-refractivity contribution in [2.75, 3.05) is 0 Å². The van der Waals surface area contributed by atoms with Crippen LogP contribution in [-0.4, -0.2) is 9.78 Å². The third-order valence-corrected chi connectivity index (χ3v) is 3.12. The molecule has 1 heterocycles. The SMILES string of the molecule is CC(NCc1ccc(C(F)(F)F)cc1)c1cnn(C)c1. The van der Waals surface area contributed by atoms with Crippen LogP contribution in [0.15, 0.2) is 36.7 Å². The van der Waals surface area contributed by atoms with Gasteiger partial charge in [-0.15, -0.1) is 0 Å². The van der Waals surface area contributed by atoms with Crippen LogP contribution in [0.5, 0.6) is 0 Å². The van der Waals surface area contributed by atoms with E-state index in [0.717, 1.165) is 23.3 Å². The number of aromatic nitrogens is 2. The smallest absolute Gasteiger partial charge is 0.306 e. The molecule has 2 aromatic rings. The number of nitrogens with one attached hydrogen (secondary N) is 1. The van der Waals surface area contributed by atoms with Gasteiger partial charge in [-0.3, -0.25) is 4.68 Å². The molecule has 0 spiro atoms. The second kappa shape index (κ2) is 5.66. The van der Waals surface area contributed by atoms with Gasteiger partial charge in [0.25, 0.3) is 0 Å². The minimum absolute atomic E-state index is 0.0889. The highest BCUT2D eigenvalue weighted by Crippen LogP contribution is 2.29. The van der Waals surface area contributed by atoms with Crippen molar-refractivity contribution < 1.29 is 13.2 Å². The molecule has 0 saturated heterocycles. The third-order valence-electron chi connectivity index (χ3n) is 3.12. The molecule has 0 aliphatic heterocycles. The molecule has 1 unspecified atom stereocenters. The molecule has 0 fully saturated rings. The second-order valence-electron chi connectivity index (χ2n) is 4.74. The van der Waals surface area contributed by atoms with Crippen LogP contribution in [0.2, 0.25) is 0 Å². The minimum atomic E-state index is -4.28. The number of rotatable bonds is 4. The average molecular weight is 283 g/mol. The molecule has 0 radical (unpaired) electrons. The fourth-order valence-electron chi connectivity index (χ4n) is 1.86. The summed E-state index contributed by atoms with van der Waals surface area (Å²) in [4.78, 5) is 0. The molecule has 0 aliphatic carbocycles. The Morgan fingerprint density at radius 2 is 1.90 bits per heavy atom. The zero-order valence-electron chi connectivity index (χ0n) is 11.3. The van der Waals surface area contributed by atoms with E-state index in [0.29, 0.717) is 6.54 Å². The highest BCUT2D eigenvalue weighted by molar-refractivity contribution is 5.24. The summed E-state index contributed by atoms with van der Waals surface area (Å²) in [5.74, 6) is 0. The quantitative estimate of drug-likeness (QED) is 0.933. The summed E-state index contributed by atoms with van der Waals surface area (Å²) in [6, 6.07) is 5.28. The number of halogens is 3. The molecule has 1 aromatic heterocycles. The maximum absolute atomic E-state index is 12.4. The van der Waals surface area contributed by atoms with Crippen molar-refractivity contribution in [3.8, 4) is 0 Å². The van der Waals surface area contributed by atoms with Crippen LogP contribution in [0.4, 0.5) is 13.2 Å². The molecule has 2 rings (SSSR count). The molecule has 6 heteroatoms. The summed E-state index contributed by atoms with van der Waals surface area (Å²) in [5, 5.41) is 7.34. The van der Waals surface area contributed by atoms with Crippen molar-refractivity contribution in [1.82, 2.24) is 15.1 Å². The number of aryl methyl sites for hydroxylation is 1. The van der Waals surface area contributed by atoms with E-state index < -0.39 is 11.7 Å². The van der Waals surface area contributed by atoms with E-state index >= 15 is 0 Å². The molecule has 1 atom stereocenters. The lowest BCUT2D eigenvalue weighted by atomic mass is 10.1. The van der Waals surface area contributed by atoms with Crippen molar-refractivity contribution in [3.05, 3.63) is 53.3 Å².